The number of primary amides is 1. The summed E-state index contributed by atoms with van der Waals surface area (Å²) in [5.41, 5.74) is 5.49. The van der Waals surface area contributed by atoms with Crippen LogP contribution in [0.5, 0.6) is 0 Å². The number of halogens is 1. The fourth-order valence-corrected chi connectivity index (χ4v) is 2.08. The number of nitrogens with zero attached hydrogens (tertiary/aromatic N) is 3. The van der Waals surface area contributed by atoms with Gasteiger partial charge in [-0.3, -0.25) is 9.59 Å². The molecule has 1 aromatic rings. The van der Waals surface area contributed by atoms with Gasteiger partial charge in [0.1, 0.15) is 10.8 Å². The first-order valence-corrected chi connectivity index (χ1v) is 6.02. The monoisotopic (exact) mass is 268 g/mol. The van der Waals surface area contributed by atoms with Gasteiger partial charge in [0.05, 0.1) is 18.3 Å². The molecule has 1 fully saturated rings. The maximum absolute atomic E-state index is 12.1. The summed E-state index contributed by atoms with van der Waals surface area (Å²) >= 11 is 5.61. The molecule has 1 saturated heterocycles. The second kappa shape index (κ2) is 5.30. The number of carbonyl (C=O) groups excluding carboxylic acids is 2. The minimum Gasteiger partial charge on any atom is -0.369 e. The highest BCUT2D eigenvalue weighted by Gasteiger charge is 2.28. The van der Waals surface area contributed by atoms with E-state index in [0.29, 0.717) is 13.1 Å². The predicted molar refractivity (Wildman–Crippen MR) is 64.9 cm³/mol. The van der Waals surface area contributed by atoms with Gasteiger partial charge in [-0.2, -0.15) is 0 Å². The Kier molecular flexibility index (Phi) is 3.76. The topological polar surface area (TPSA) is 89.2 Å². The van der Waals surface area contributed by atoms with Gasteiger partial charge in [0.2, 0.25) is 5.91 Å². The molecule has 2 rings (SSSR count). The van der Waals surface area contributed by atoms with E-state index < -0.39 is 0 Å². The molecule has 2 amide bonds. The molecule has 7 heteroatoms. The van der Waals surface area contributed by atoms with Crippen molar-refractivity contribution in [3.8, 4) is 0 Å². The van der Waals surface area contributed by atoms with Crippen molar-refractivity contribution < 1.29 is 9.59 Å². The number of nitrogens with two attached hydrogens (primary N) is 1. The molecular weight excluding hydrogens is 256 g/mol. The molecule has 0 spiro atoms. The first-order chi connectivity index (χ1) is 8.58. The third kappa shape index (κ3) is 2.76. The highest BCUT2D eigenvalue weighted by atomic mass is 35.5. The maximum atomic E-state index is 12.1. The van der Waals surface area contributed by atoms with Gasteiger partial charge in [0.15, 0.2) is 0 Å². The van der Waals surface area contributed by atoms with Gasteiger partial charge in [-0.25, -0.2) is 9.97 Å². The lowest BCUT2D eigenvalue weighted by Crippen LogP contribution is -2.44. The molecule has 1 aromatic heterocycles. The Morgan fingerprint density at radius 1 is 1.39 bits per heavy atom. The van der Waals surface area contributed by atoms with E-state index >= 15 is 0 Å². The number of carbonyl (C=O) groups is 2. The minimum absolute atomic E-state index is 0.226. The molecule has 0 radical (unpaired) electrons. The molecule has 1 unspecified atom stereocenters. The molecule has 2 N–H and O–H groups in total. The Hall–Kier alpha value is -1.69. The summed E-state index contributed by atoms with van der Waals surface area (Å²) in [7, 11) is 0. The number of amides is 2. The van der Waals surface area contributed by atoms with E-state index in [4.69, 9.17) is 17.3 Å². The van der Waals surface area contributed by atoms with Crippen molar-refractivity contribution in [3.05, 3.63) is 23.2 Å². The summed E-state index contributed by atoms with van der Waals surface area (Å²) in [6, 6.07) is 0. The van der Waals surface area contributed by atoms with Gasteiger partial charge >= 0.3 is 0 Å². The molecule has 0 aromatic carbocycles. The van der Waals surface area contributed by atoms with Crippen LogP contribution in [0.15, 0.2) is 12.4 Å². The van der Waals surface area contributed by atoms with Crippen LogP contribution in [-0.4, -0.2) is 39.8 Å². The van der Waals surface area contributed by atoms with Crippen molar-refractivity contribution in [1.82, 2.24) is 14.9 Å². The van der Waals surface area contributed by atoms with Crippen LogP contribution >= 0.6 is 11.6 Å². The molecule has 1 atom stereocenters. The molecule has 96 valence electrons. The summed E-state index contributed by atoms with van der Waals surface area (Å²) in [4.78, 5) is 32.6. The maximum Gasteiger partial charge on any atom is 0.274 e. The molecule has 6 nitrogen and oxygen atoms in total. The lowest BCUT2D eigenvalue weighted by atomic mass is 9.97. The van der Waals surface area contributed by atoms with Gasteiger partial charge in [0, 0.05) is 13.1 Å². The van der Waals surface area contributed by atoms with Crippen LogP contribution < -0.4 is 5.73 Å². The first kappa shape index (κ1) is 12.8. The Balaban J connectivity index is 2.09. The zero-order valence-corrected chi connectivity index (χ0v) is 10.4. The quantitative estimate of drug-likeness (QED) is 0.844. The Labute approximate surface area is 109 Å². The minimum atomic E-state index is -0.366. The summed E-state index contributed by atoms with van der Waals surface area (Å²) in [6.45, 7) is 0.950. The number of aromatic nitrogens is 2. The standard InChI is InChI=1S/C11H13ClN4O2/c12-9-5-14-8(4-15-9)11(18)16-3-1-2-7(6-16)10(13)17/h4-5,7H,1-3,6H2,(H2,13,17). The van der Waals surface area contributed by atoms with E-state index in [9.17, 15) is 9.59 Å². The molecule has 0 saturated carbocycles. The zero-order chi connectivity index (χ0) is 13.1. The smallest absolute Gasteiger partial charge is 0.274 e. The summed E-state index contributed by atoms with van der Waals surface area (Å²) < 4.78 is 0. The van der Waals surface area contributed by atoms with E-state index in [1.165, 1.54) is 12.4 Å². The SMILES string of the molecule is NC(=O)C1CCCN(C(=O)c2cnc(Cl)cn2)C1. The van der Waals surface area contributed by atoms with Crippen molar-refractivity contribution >= 4 is 23.4 Å². The van der Waals surface area contributed by atoms with E-state index in [0.717, 1.165) is 12.8 Å². The van der Waals surface area contributed by atoms with Gasteiger partial charge in [0.25, 0.3) is 5.91 Å². The van der Waals surface area contributed by atoms with Crippen molar-refractivity contribution in [1.29, 1.82) is 0 Å². The van der Waals surface area contributed by atoms with E-state index in [1.54, 1.807) is 4.90 Å². The van der Waals surface area contributed by atoms with Gasteiger partial charge < -0.3 is 10.6 Å². The highest BCUT2D eigenvalue weighted by molar-refractivity contribution is 6.29. The average molecular weight is 269 g/mol. The Bertz CT molecular complexity index is 463. The summed E-state index contributed by atoms with van der Waals surface area (Å²) in [5.74, 6) is -0.886. The zero-order valence-electron chi connectivity index (χ0n) is 9.67. The lowest BCUT2D eigenvalue weighted by Gasteiger charge is -2.30. The molecule has 2 heterocycles. The van der Waals surface area contributed by atoms with Gasteiger partial charge in [-0.1, -0.05) is 11.6 Å². The lowest BCUT2D eigenvalue weighted by molar-refractivity contribution is -0.123. The third-order valence-electron chi connectivity index (χ3n) is 2.95. The van der Waals surface area contributed by atoms with Crippen LogP contribution in [0.25, 0.3) is 0 Å². The summed E-state index contributed by atoms with van der Waals surface area (Å²) in [5, 5.41) is 0.236. The average Bonchev–Trinajstić information content (AvgIpc) is 2.39. The molecule has 0 aliphatic carbocycles. The molecule has 0 bridgehead atoms. The molecular formula is C11H13ClN4O2. The predicted octanol–water partition coefficient (Wildman–Crippen LogP) is 0.467. The number of likely N-dealkylation sites (tertiary alicyclic amines) is 1. The fraction of sp³-hybridized carbons (Fsp3) is 0.455. The van der Waals surface area contributed by atoms with E-state index in [2.05, 4.69) is 9.97 Å². The second-order valence-corrected chi connectivity index (χ2v) is 4.60. The van der Waals surface area contributed by atoms with Crippen molar-refractivity contribution in [2.75, 3.05) is 13.1 Å². The second-order valence-electron chi connectivity index (χ2n) is 4.22. The van der Waals surface area contributed by atoms with Crippen molar-refractivity contribution in [3.63, 3.8) is 0 Å². The van der Waals surface area contributed by atoms with Gasteiger partial charge in [-0.05, 0) is 12.8 Å². The van der Waals surface area contributed by atoms with E-state index in [1.807, 2.05) is 0 Å². The van der Waals surface area contributed by atoms with Gasteiger partial charge in [-0.15, -0.1) is 0 Å². The van der Waals surface area contributed by atoms with Crippen LogP contribution in [-0.2, 0) is 4.79 Å². The normalized spacial score (nSPS) is 19.6. The van der Waals surface area contributed by atoms with E-state index in [-0.39, 0.29) is 28.6 Å². The fourth-order valence-electron chi connectivity index (χ4n) is 1.98. The van der Waals surface area contributed by atoms with Crippen LogP contribution in [0.4, 0.5) is 0 Å². The molecule has 18 heavy (non-hydrogen) atoms. The highest BCUT2D eigenvalue weighted by Crippen LogP contribution is 2.17. The summed E-state index contributed by atoms with van der Waals surface area (Å²) in [6.07, 6.45) is 4.15. The van der Waals surface area contributed by atoms with Crippen LogP contribution in [0.3, 0.4) is 0 Å². The number of piperidine rings is 1. The number of rotatable bonds is 2. The van der Waals surface area contributed by atoms with Crippen LogP contribution in [0.1, 0.15) is 23.3 Å². The molecule has 1 aliphatic heterocycles. The van der Waals surface area contributed by atoms with Crippen molar-refractivity contribution in [2.24, 2.45) is 11.7 Å². The first-order valence-electron chi connectivity index (χ1n) is 5.64. The third-order valence-corrected chi connectivity index (χ3v) is 3.15. The number of hydrogen-bond donors (Lipinski definition) is 1. The van der Waals surface area contributed by atoms with Crippen LogP contribution in [0.2, 0.25) is 5.15 Å². The molecule has 1 aliphatic rings. The van der Waals surface area contributed by atoms with Crippen LogP contribution in [0, 0.1) is 5.92 Å². The Morgan fingerprint density at radius 3 is 2.78 bits per heavy atom. The largest absolute Gasteiger partial charge is 0.369 e. The van der Waals surface area contributed by atoms with Crippen molar-refractivity contribution in [2.45, 2.75) is 12.8 Å². The number of hydrogen-bond acceptors (Lipinski definition) is 4. The Morgan fingerprint density at radius 2 is 2.17 bits per heavy atom.